The molecule has 0 atom stereocenters. The Balaban J connectivity index is 2.64. The molecule has 0 aliphatic carbocycles. The van der Waals surface area contributed by atoms with Crippen LogP contribution < -0.4 is 0 Å². The first-order valence-corrected chi connectivity index (χ1v) is 5.34. The predicted molar refractivity (Wildman–Crippen MR) is 59.1 cm³/mol. The molecule has 0 spiro atoms. The maximum absolute atomic E-state index is 11.7. The lowest BCUT2D eigenvalue weighted by molar-refractivity contribution is 0.0755. The fourth-order valence-corrected chi connectivity index (χ4v) is 1.35. The van der Waals surface area contributed by atoms with Gasteiger partial charge in [0.05, 0.1) is 0 Å². The summed E-state index contributed by atoms with van der Waals surface area (Å²) in [5.41, 5.74) is 1.54. The zero-order valence-electron chi connectivity index (χ0n) is 9.32. The zero-order chi connectivity index (χ0) is 11.1. The van der Waals surface area contributed by atoms with Crippen molar-refractivity contribution in [2.75, 3.05) is 13.2 Å². The minimum absolute atomic E-state index is 0.0269. The van der Waals surface area contributed by atoms with Crippen LogP contribution in [0.15, 0.2) is 18.3 Å². The maximum Gasteiger partial charge on any atom is 0.207 e. The van der Waals surface area contributed by atoms with Crippen molar-refractivity contribution in [1.29, 1.82) is 0 Å². The Morgan fingerprint density at radius 1 is 1.47 bits per heavy atom. The Morgan fingerprint density at radius 2 is 2.27 bits per heavy atom. The number of rotatable bonds is 6. The largest absolute Gasteiger partial charge is 0.373 e. The summed E-state index contributed by atoms with van der Waals surface area (Å²) in [6, 6.07) is 3.78. The molecule has 0 saturated heterocycles. The van der Waals surface area contributed by atoms with Crippen molar-refractivity contribution in [3.63, 3.8) is 0 Å². The standard InChI is InChI=1S/C12H17NO2/c1-3-8-15-9-11(14)12-10(4-2)6-5-7-13-12/h5-7H,3-4,8-9H2,1-2H3. The van der Waals surface area contributed by atoms with Crippen LogP contribution >= 0.6 is 0 Å². The van der Waals surface area contributed by atoms with Crippen molar-refractivity contribution < 1.29 is 9.53 Å². The lowest BCUT2D eigenvalue weighted by atomic mass is 10.1. The van der Waals surface area contributed by atoms with E-state index >= 15 is 0 Å². The van der Waals surface area contributed by atoms with Crippen molar-refractivity contribution >= 4 is 5.78 Å². The van der Waals surface area contributed by atoms with Gasteiger partial charge >= 0.3 is 0 Å². The van der Waals surface area contributed by atoms with Crippen LogP contribution in [-0.2, 0) is 11.2 Å². The molecule has 0 fully saturated rings. The van der Waals surface area contributed by atoms with Gasteiger partial charge < -0.3 is 4.74 Å². The Labute approximate surface area is 90.5 Å². The van der Waals surface area contributed by atoms with Gasteiger partial charge in [0, 0.05) is 12.8 Å². The van der Waals surface area contributed by atoms with Crippen LogP contribution in [0.25, 0.3) is 0 Å². The quantitative estimate of drug-likeness (QED) is 0.530. The summed E-state index contributed by atoms with van der Waals surface area (Å²) in [6.07, 6.45) is 3.39. The molecule has 1 heterocycles. The van der Waals surface area contributed by atoms with Crippen LogP contribution in [0.1, 0.15) is 36.3 Å². The number of Topliss-reactive ketones (excluding diaryl/α,β-unsaturated/α-hetero) is 1. The zero-order valence-corrected chi connectivity index (χ0v) is 9.32. The first-order valence-electron chi connectivity index (χ1n) is 5.34. The average Bonchev–Trinajstić information content (AvgIpc) is 2.29. The molecular formula is C12H17NO2. The smallest absolute Gasteiger partial charge is 0.207 e. The molecule has 0 saturated carbocycles. The number of hydrogen-bond donors (Lipinski definition) is 0. The monoisotopic (exact) mass is 207 g/mol. The number of hydrogen-bond acceptors (Lipinski definition) is 3. The molecule has 82 valence electrons. The second-order valence-electron chi connectivity index (χ2n) is 3.34. The summed E-state index contributed by atoms with van der Waals surface area (Å²) in [5.74, 6) is -0.0269. The summed E-state index contributed by atoms with van der Waals surface area (Å²) >= 11 is 0. The van der Waals surface area contributed by atoms with Gasteiger partial charge in [-0.2, -0.15) is 0 Å². The van der Waals surface area contributed by atoms with E-state index < -0.39 is 0 Å². The highest BCUT2D eigenvalue weighted by molar-refractivity contribution is 5.96. The number of ether oxygens (including phenoxy) is 1. The van der Waals surface area contributed by atoms with E-state index in [1.165, 1.54) is 0 Å². The molecule has 0 bridgehead atoms. The van der Waals surface area contributed by atoms with Gasteiger partial charge in [0.15, 0.2) is 0 Å². The summed E-state index contributed by atoms with van der Waals surface area (Å²) in [7, 11) is 0. The van der Waals surface area contributed by atoms with Gasteiger partial charge in [0.2, 0.25) is 5.78 Å². The van der Waals surface area contributed by atoms with Crippen LogP contribution in [-0.4, -0.2) is 24.0 Å². The maximum atomic E-state index is 11.7. The Morgan fingerprint density at radius 3 is 2.93 bits per heavy atom. The third kappa shape index (κ3) is 3.44. The Kier molecular flexibility index (Phi) is 4.98. The predicted octanol–water partition coefficient (Wildman–Crippen LogP) is 2.25. The summed E-state index contributed by atoms with van der Waals surface area (Å²) in [4.78, 5) is 15.8. The number of nitrogens with zero attached hydrogens (tertiary/aromatic N) is 1. The summed E-state index contributed by atoms with van der Waals surface area (Å²) < 4.78 is 5.21. The average molecular weight is 207 g/mol. The normalized spacial score (nSPS) is 10.3. The van der Waals surface area contributed by atoms with Gasteiger partial charge in [-0.3, -0.25) is 9.78 Å². The number of aromatic nitrogens is 1. The first kappa shape index (κ1) is 11.9. The molecule has 0 amide bonds. The van der Waals surface area contributed by atoms with Crippen LogP contribution in [0, 0.1) is 0 Å². The van der Waals surface area contributed by atoms with Gasteiger partial charge in [-0.05, 0) is 24.5 Å². The van der Waals surface area contributed by atoms with Gasteiger partial charge in [-0.15, -0.1) is 0 Å². The highest BCUT2D eigenvalue weighted by Gasteiger charge is 2.11. The fourth-order valence-electron chi connectivity index (χ4n) is 1.35. The molecule has 1 aromatic rings. The van der Waals surface area contributed by atoms with Crippen molar-refractivity contribution in [2.45, 2.75) is 26.7 Å². The molecule has 0 aromatic carbocycles. The van der Waals surface area contributed by atoms with E-state index in [1.807, 2.05) is 26.0 Å². The highest BCUT2D eigenvalue weighted by Crippen LogP contribution is 2.07. The molecule has 0 aliphatic rings. The lowest BCUT2D eigenvalue weighted by Crippen LogP contribution is -2.13. The lowest BCUT2D eigenvalue weighted by Gasteiger charge is -2.05. The van der Waals surface area contributed by atoms with Crippen LogP contribution in [0.5, 0.6) is 0 Å². The molecule has 0 radical (unpaired) electrons. The number of pyridine rings is 1. The third-order valence-corrected chi connectivity index (χ3v) is 2.12. The highest BCUT2D eigenvalue weighted by atomic mass is 16.5. The van der Waals surface area contributed by atoms with Crippen molar-refractivity contribution in [2.24, 2.45) is 0 Å². The van der Waals surface area contributed by atoms with E-state index in [0.717, 1.165) is 18.4 Å². The van der Waals surface area contributed by atoms with E-state index in [9.17, 15) is 4.79 Å². The topological polar surface area (TPSA) is 39.2 Å². The minimum Gasteiger partial charge on any atom is -0.373 e. The molecule has 0 aliphatic heterocycles. The second kappa shape index (κ2) is 6.30. The molecule has 0 N–H and O–H groups in total. The molecule has 3 heteroatoms. The molecule has 1 rings (SSSR count). The summed E-state index contributed by atoms with van der Waals surface area (Å²) in [5, 5.41) is 0. The third-order valence-electron chi connectivity index (χ3n) is 2.12. The molecule has 15 heavy (non-hydrogen) atoms. The second-order valence-corrected chi connectivity index (χ2v) is 3.34. The molecule has 3 nitrogen and oxygen atoms in total. The van der Waals surface area contributed by atoms with E-state index in [0.29, 0.717) is 12.3 Å². The van der Waals surface area contributed by atoms with E-state index in [2.05, 4.69) is 4.98 Å². The van der Waals surface area contributed by atoms with Crippen LogP contribution in [0.3, 0.4) is 0 Å². The Bertz CT molecular complexity index is 323. The van der Waals surface area contributed by atoms with Gasteiger partial charge in [-0.25, -0.2) is 0 Å². The van der Waals surface area contributed by atoms with Crippen molar-refractivity contribution in [3.05, 3.63) is 29.6 Å². The molecule has 0 unspecified atom stereocenters. The molecule has 1 aromatic heterocycles. The Hall–Kier alpha value is -1.22. The number of aryl methyl sites for hydroxylation is 1. The van der Waals surface area contributed by atoms with Crippen LogP contribution in [0.4, 0.5) is 0 Å². The first-order chi connectivity index (χ1) is 7.29. The van der Waals surface area contributed by atoms with E-state index in [1.54, 1.807) is 6.20 Å². The molecular weight excluding hydrogens is 190 g/mol. The van der Waals surface area contributed by atoms with E-state index in [-0.39, 0.29) is 12.4 Å². The van der Waals surface area contributed by atoms with Gasteiger partial charge in [-0.1, -0.05) is 19.9 Å². The SMILES string of the molecule is CCCOCC(=O)c1ncccc1CC. The van der Waals surface area contributed by atoms with Crippen molar-refractivity contribution in [3.8, 4) is 0 Å². The van der Waals surface area contributed by atoms with Crippen molar-refractivity contribution in [1.82, 2.24) is 4.98 Å². The van der Waals surface area contributed by atoms with E-state index in [4.69, 9.17) is 4.74 Å². The minimum atomic E-state index is -0.0269. The summed E-state index contributed by atoms with van der Waals surface area (Å²) in [6.45, 7) is 4.79. The van der Waals surface area contributed by atoms with Crippen LogP contribution in [0.2, 0.25) is 0 Å². The number of carbonyl (C=O) groups excluding carboxylic acids is 1. The van der Waals surface area contributed by atoms with Gasteiger partial charge in [0.25, 0.3) is 0 Å². The number of carbonyl (C=O) groups is 1. The number of ketones is 1. The van der Waals surface area contributed by atoms with Gasteiger partial charge in [0.1, 0.15) is 12.3 Å². The fraction of sp³-hybridized carbons (Fsp3) is 0.500.